The van der Waals surface area contributed by atoms with Gasteiger partial charge in [0.05, 0.1) is 16.5 Å². The van der Waals surface area contributed by atoms with Crippen molar-refractivity contribution >= 4 is 38.9 Å². The van der Waals surface area contributed by atoms with Crippen molar-refractivity contribution in [3.05, 3.63) is 23.2 Å². The van der Waals surface area contributed by atoms with E-state index in [1.54, 1.807) is 18.2 Å². The summed E-state index contributed by atoms with van der Waals surface area (Å²) in [6.45, 7) is 0. The van der Waals surface area contributed by atoms with Crippen LogP contribution in [0.3, 0.4) is 0 Å². The number of rotatable bonds is 2. The van der Waals surface area contributed by atoms with Crippen molar-refractivity contribution in [2.45, 2.75) is 16.6 Å². The molecule has 2 rings (SSSR count). The Morgan fingerprint density at radius 1 is 1.44 bits per heavy atom. The van der Waals surface area contributed by atoms with Gasteiger partial charge in [-0.25, -0.2) is 8.42 Å². The van der Waals surface area contributed by atoms with Crippen LogP contribution in [0.25, 0.3) is 0 Å². The number of anilines is 1. The number of sulfone groups is 1. The number of hydrogen-bond donors (Lipinski definition) is 1. The molecule has 1 aliphatic rings. The van der Waals surface area contributed by atoms with Crippen LogP contribution in [-0.2, 0) is 9.84 Å². The second-order valence-corrected chi connectivity index (χ2v) is 7.75. The molecule has 1 saturated heterocycles. The van der Waals surface area contributed by atoms with E-state index in [-0.39, 0.29) is 16.8 Å². The highest BCUT2D eigenvalue weighted by Gasteiger charge is 2.29. The molecule has 1 aliphatic heterocycles. The van der Waals surface area contributed by atoms with Crippen LogP contribution < -0.4 is 5.73 Å². The first-order valence-corrected chi connectivity index (χ1v) is 7.97. The molecule has 0 saturated carbocycles. The topological polar surface area (TPSA) is 60.2 Å². The first-order chi connectivity index (χ1) is 7.48. The van der Waals surface area contributed by atoms with Crippen LogP contribution in [0, 0.1) is 0 Å². The minimum absolute atomic E-state index is 0.0761. The second-order valence-electron chi connectivity index (χ2n) is 3.80. The van der Waals surface area contributed by atoms with Crippen molar-refractivity contribution in [3.63, 3.8) is 0 Å². The Bertz CT molecular complexity index is 481. The number of halogens is 1. The molecule has 0 amide bonds. The van der Waals surface area contributed by atoms with Gasteiger partial charge in [-0.1, -0.05) is 17.7 Å². The standard InChI is InChI=1S/C10H12ClNO2S2/c11-8-2-1-3-9(12)10(8)15-7-4-5-16(13,14)6-7/h1-3,7H,4-6,12H2. The number of hydrogen-bond acceptors (Lipinski definition) is 4. The van der Waals surface area contributed by atoms with E-state index in [0.717, 1.165) is 4.90 Å². The second kappa shape index (κ2) is 4.47. The van der Waals surface area contributed by atoms with Gasteiger partial charge >= 0.3 is 0 Å². The Hall–Kier alpha value is -0.390. The van der Waals surface area contributed by atoms with E-state index in [1.807, 2.05) is 0 Å². The van der Waals surface area contributed by atoms with Crippen LogP contribution >= 0.6 is 23.4 Å². The van der Waals surface area contributed by atoms with E-state index in [4.69, 9.17) is 17.3 Å². The smallest absolute Gasteiger partial charge is 0.151 e. The molecule has 0 aliphatic carbocycles. The Kier molecular flexibility index (Phi) is 3.37. The van der Waals surface area contributed by atoms with Crippen LogP contribution in [-0.4, -0.2) is 25.2 Å². The number of nitrogen functional groups attached to an aromatic ring is 1. The zero-order valence-electron chi connectivity index (χ0n) is 8.52. The van der Waals surface area contributed by atoms with Gasteiger partial charge in [0.15, 0.2) is 9.84 Å². The molecule has 16 heavy (non-hydrogen) atoms. The average Bonchev–Trinajstić information content (AvgIpc) is 2.52. The monoisotopic (exact) mass is 277 g/mol. The van der Waals surface area contributed by atoms with E-state index in [9.17, 15) is 8.42 Å². The summed E-state index contributed by atoms with van der Waals surface area (Å²) in [6, 6.07) is 5.33. The van der Waals surface area contributed by atoms with Gasteiger partial charge in [0, 0.05) is 15.8 Å². The van der Waals surface area contributed by atoms with Crippen LogP contribution in [0.1, 0.15) is 6.42 Å². The third-order valence-corrected chi connectivity index (χ3v) is 6.31. The fourth-order valence-corrected chi connectivity index (χ4v) is 5.53. The molecule has 0 aromatic heterocycles. The molecule has 1 unspecified atom stereocenters. The molecule has 1 heterocycles. The predicted octanol–water partition coefficient (Wildman–Crippen LogP) is 2.20. The zero-order valence-corrected chi connectivity index (χ0v) is 10.9. The molecule has 1 fully saturated rings. The first kappa shape index (κ1) is 12.1. The summed E-state index contributed by atoms with van der Waals surface area (Å²) in [6.07, 6.45) is 0.678. The highest BCUT2D eigenvalue weighted by Crippen LogP contribution is 2.38. The largest absolute Gasteiger partial charge is 0.398 e. The summed E-state index contributed by atoms with van der Waals surface area (Å²) >= 11 is 7.50. The van der Waals surface area contributed by atoms with Crippen molar-refractivity contribution in [2.75, 3.05) is 17.2 Å². The molecular formula is C10H12ClNO2S2. The van der Waals surface area contributed by atoms with Crippen LogP contribution in [0.5, 0.6) is 0 Å². The normalized spacial score (nSPS) is 23.4. The molecule has 0 spiro atoms. The van der Waals surface area contributed by atoms with E-state index in [2.05, 4.69) is 0 Å². The van der Waals surface area contributed by atoms with Gasteiger partial charge in [-0.15, -0.1) is 11.8 Å². The number of thioether (sulfide) groups is 1. The fourth-order valence-electron chi connectivity index (χ4n) is 1.67. The zero-order chi connectivity index (χ0) is 11.8. The van der Waals surface area contributed by atoms with Gasteiger partial charge in [0.25, 0.3) is 0 Å². The summed E-state index contributed by atoms with van der Waals surface area (Å²) in [4.78, 5) is 0.797. The minimum atomic E-state index is -2.85. The highest BCUT2D eigenvalue weighted by molar-refractivity contribution is 8.02. The Morgan fingerprint density at radius 3 is 2.75 bits per heavy atom. The molecule has 88 valence electrons. The van der Waals surface area contributed by atoms with Crippen molar-refractivity contribution in [2.24, 2.45) is 0 Å². The number of benzene rings is 1. The van der Waals surface area contributed by atoms with Crippen molar-refractivity contribution in [3.8, 4) is 0 Å². The molecule has 6 heteroatoms. The maximum Gasteiger partial charge on any atom is 0.151 e. The molecule has 1 aromatic carbocycles. The Morgan fingerprint density at radius 2 is 2.19 bits per heavy atom. The van der Waals surface area contributed by atoms with Gasteiger partial charge in [-0.3, -0.25) is 0 Å². The van der Waals surface area contributed by atoms with Crippen molar-refractivity contribution < 1.29 is 8.42 Å². The Balaban J connectivity index is 2.16. The molecule has 0 radical (unpaired) electrons. The maximum absolute atomic E-state index is 11.3. The average molecular weight is 278 g/mol. The van der Waals surface area contributed by atoms with Gasteiger partial charge in [0.2, 0.25) is 0 Å². The number of nitrogens with two attached hydrogens (primary N) is 1. The van der Waals surface area contributed by atoms with E-state index in [0.29, 0.717) is 17.1 Å². The van der Waals surface area contributed by atoms with Gasteiger partial charge in [0.1, 0.15) is 0 Å². The molecule has 3 nitrogen and oxygen atoms in total. The summed E-state index contributed by atoms with van der Waals surface area (Å²) in [7, 11) is -2.85. The van der Waals surface area contributed by atoms with Gasteiger partial charge in [-0.05, 0) is 18.6 Å². The van der Waals surface area contributed by atoms with Crippen LogP contribution in [0.4, 0.5) is 5.69 Å². The summed E-state index contributed by atoms with van der Waals surface area (Å²) in [5, 5.41) is 0.668. The third kappa shape index (κ3) is 2.64. The van der Waals surface area contributed by atoms with Gasteiger partial charge in [-0.2, -0.15) is 0 Å². The van der Waals surface area contributed by atoms with Crippen LogP contribution in [0.2, 0.25) is 5.02 Å². The lowest BCUT2D eigenvalue weighted by atomic mass is 10.3. The van der Waals surface area contributed by atoms with Crippen molar-refractivity contribution in [1.29, 1.82) is 0 Å². The maximum atomic E-state index is 11.3. The van der Waals surface area contributed by atoms with Gasteiger partial charge < -0.3 is 5.73 Å². The molecule has 2 N–H and O–H groups in total. The lowest BCUT2D eigenvalue weighted by Crippen LogP contribution is -2.06. The first-order valence-electron chi connectivity index (χ1n) is 4.89. The van der Waals surface area contributed by atoms with Crippen molar-refractivity contribution in [1.82, 2.24) is 0 Å². The molecule has 1 aromatic rings. The van der Waals surface area contributed by atoms with E-state index >= 15 is 0 Å². The van der Waals surface area contributed by atoms with E-state index < -0.39 is 9.84 Å². The minimum Gasteiger partial charge on any atom is -0.398 e. The van der Waals surface area contributed by atoms with E-state index in [1.165, 1.54) is 11.8 Å². The summed E-state index contributed by atoms with van der Waals surface area (Å²) in [5.74, 6) is 0.497. The lowest BCUT2D eigenvalue weighted by molar-refractivity contribution is 0.602. The summed E-state index contributed by atoms with van der Waals surface area (Å²) < 4.78 is 22.6. The Labute approximate surface area is 104 Å². The molecule has 0 bridgehead atoms. The lowest BCUT2D eigenvalue weighted by Gasteiger charge is -2.11. The quantitative estimate of drug-likeness (QED) is 0.842. The summed E-state index contributed by atoms with van der Waals surface area (Å²) in [5.41, 5.74) is 6.43. The predicted molar refractivity (Wildman–Crippen MR) is 68.8 cm³/mol. The molecular weight excluding hydrogens is 266 g/mol. The molecule has 1 atom stereocenters. The van der Waals surface area contributed by atoms with Crippen LogP contribution in [0.15, 0.2) is 23.1 Å². The highest BCUT2D eigenvalue weighted by atomic mass is 35.5. The fraction of sp³-hybridized carbons (Fsp3) is 0.400. The third-order valence-electron chi connectivity index (χ3n) is 2.47. The SMILES string of the molecule is Nc1cccc(Cl)c1SC1CCS(=O)(=O)C1.